The summed E-state index contributed by atoms with van der Waals surface area (Å²) in [4.78, 5) is 8.46. The number of thioether (sulfide) groups is 1. The molecule has 3 N–H and O–H groups in total. The molecule has 2 rings (SSSR count). The molecule has 0 saturated carbocycles. The number of aromatic nitrogens is 2. The number of hydrogen-bond donors (Lipinski definition) is 2. The normalized spacial score (nSPS) is 12.2. The highest BCUT2D eigenvalue weighted by atomic mass is 35.5. The molecule has 0 amide bonds. The first kappa shape index (κ1) is 15.2. The summed E-state index contributed by atoms with van der Waals surface area (Å²) in [6.07, 6.45) is 1.90. The van der Waals surface area contributed by atoms with E-state index in [9.17, 15) is 0 Å². The lowest BCUT2D eigenvalue weighted by molar-refractivity contribution is 0.858. The molecule has 1 aromatic heterocycles. The smallest absolute Gasteiger partial charge is 0.191 e. The molecule has 1 aromatic carbocycles. The van der Waals surface area contributed by atoms with E-state index in [0.717, 1.165) is 5.56 Å². The van der Waals surface area contributed by atoms with Gasteiger partial charge in [0.05, 0.1) is 6.04 Å². The topological polar surface area (TPSA) is 63.8 Å². The van der Waals surface area contributed by atoms with Crippen molar-refractivity contribution in [2.75, 3.05) is 17.3 Å². The van der Waals surface area contributed by atoms with Crippen molar-refractivity contribution in [2.24, 2.45) is 0 Å². The van der Waals surface area contributed by atoms with Crippen LogP contribution >= 0.6 is 35.0 Å². The zero-order valence-electron chi connectivity index (χ0n) is 11.0. The molecular formula is C13H14Cl2N4S. The van der Waals surface area contributed by atoms with Gasteiger partial charge >= 0.3 is 0 Å². The largest absolute Gasteiger partial charge is 0.383 e. The molecule has 1 heterocycles. The molecule has 0 spiro atoms. The van der Waals surface area contributed by atoms with Crippen LogP contribution in [0.4, 0.5) is 11.6 Å². The highest BCUT2D eigenvalue weighted by molar-refractivity contribution is 7.98. The lowest BCUT2D eigenvalue weighted by atomic mass is 10.1. The van der Waals surface area contributed by atoms with Gasteiger partial charge in [-0.25, -0.2) is 9.97 Å². The van der Waals surface area contributed by atoms with Crippen LogP contribution in [0.25, 0.3) is 0 Å². The van der Waals surface area contributed by atoms with E-state index < -0.39 is 0 Å². The third-order valence-corrected chi connectivity index (χ3v) is 3.81. The summed E-state index contributed by atoms with van der Waals surface area (Å²) in [5.41, 5.74) is 6.69. The summed E-state index contributed by atoms with van der Waals surface area (Å²) in [5.74, 6) is 1.10. The molecule has 20 heavy (non-hydrogen) atoms. The fourth-order valence-electron chi connectivity index (χ4n) is 1.76. The molecule has 0 aliphatic carbocycles. The van der Waals surface area contributed by atoms with Gasteiger partial charge < -0.3 is 11.1 Å². The molecule has 0 saturated heterocycles. The van der Waals surface area contributed by atoms with Crippen molar-refractivity contribution in [3.63, 3.8) is 0 Å². The van der Waals surface area contributed by atoms with Gasteiger partial charge in [0.15, 0.2) is 5.16 Å². The lowest BCUT2D eigenvalue weighted by Crippen LogP contribution is -2.10. The SMILES string of the molecule is CSc1nc(N)cc(NC(C)c2ccc(Cl)cc2Cl)n1. The van der Waals surface area contributed by atoms with Gasteiger partial charge in [0, 0.05) is 16.1 Å². The summed E-state index contributed by atoms with van der Waals surface area (Å²) >= 11 is 13.5. The van der Waals surface area contributed by atoms with Gasteiger partial charge in [-0.2, -0.15) is 0 Å². The van der Waals surface area contributed by atoms with Crippen LogP contribution in [-0.4, -0.2) is 16.2 Å². The number of anilines is 2. The van der Waals surface area contributed by atoms with Crippen molar-refractivity contribution in [3.05, 3.63) is 39.9 Å². The molecule has 0 fully saturated rings. The average molecular weight is 329 g/mol. The maximum atomic E-state index is 6.19. The van der Waals surface area contributed by atoms with Crippen molar-refractivity contribution in [3.8, 4) is 0 Å². The Morgan fingerprint density at radius 3 is 2.65 bits per heavy atom. The number of nitrogen functional groups attached to an aromatic ring is 1. The first-order valence-electron chi connectivity index (χ1n) is 5.89. The summed E-state index contributed by atoms with van der Waals surface area (Å²) in [5, 5.41) is 5.12. The predicted molar refractivity (Wildman–Crippen MR) is 86.7 cm³/mol. The molecule has 0 aliphatic heterocycles. The van der Waals surface area contributed by atoms with Crippen molar-refractivity contribution < 1.29 is 0 Å². The van der Waals surface area contributed by atoms with E-state index in [1.54, 1.807) is 12.1 Å². The van der Waals surface area contributed by atoms with Crippen LogP contribution in [0.5, 0.6) is 0 Å². The summed E-state index contributed by atoms with van der Waals surface area (Å²) in [6, 6.07) is 7.09. The van der Waals surface area contributed by atoms with Crippen LogP contribution in [0.3, 0.4) is 0 Å². The molecule has 4 nitrogen and oxygen atoms in total. The molecule has 0 bridgehead atoms. The third-order valence-electron chi connectivity index (χ3n) is 2.70. The monoisotopic (exact) mass is 328 g/mol. The fourth-order valence-corrected chi connectivity index (χ4v) is 2.72. The number of hydrogen-bond acceptors (Lipinski definition) is 5. The Bertz CT molecular complexity index is 621. The van der Waals surface area contributed by atoms with Crippen LogP contribution in [-0.2, 0) is 0 Å². The average Bonchev–Trinajstić information content (AvgIpc) is 2.37. The first-order chi connectivity index (χ1) is 9.49. The number of nitrogens with two attached hydrogens (primary N) is 1. The maximum absolute atomic E-state index is 6.19. The van der Waals surface area contributed by atoms with E-state index in [-0.39, 0.29) is 6.04 Å². The van der Waals surface area contributed by atoms with Crippen molar-refractivity contribution in [1.29, 1.82) is 0 Å². The number of halogens is 2. The molecule has 1 unspecified atom stereocenters. The van der Waals surface area contributed by atoms with Crippen LogP contribution in [0.2, 0.25) is 10.0 Å². The molecule has 0 radical (unpaired) electrons. The third kappa shape index (κ3) is 3.69. The number of benzene rings is 1. The molecule has 106 valence electrons. The van der Waals surface area contributed by atoms with E-state index >= 15 is 0 Å². The minimum Gasteiger partial charge on any atom is -0.383 e. The zero-order chi connectivity index (χ0) is 14.7. The van der Waals surface area contributed by atoms with Crippen molar-refractivity contribution in [2.45, 2.75) is 18.1 Å². The van der Waals surface area contributed by atoms with E-state index in [4.69, 9.17) is 28.9 Å². The highest BCUT2D eigenvalue weighted by Gasteiger charge is 2.11. The summed E-state index contributed by atoms with van der Waals surface area (Å²) in [7, 11) is 0. The molecule has 0 aliphatic rings. The predicted octanol–water partition coefficient (Wildman–Crippen LogP) is 4.26. The fraction of sp³-hybridized carbons (Fsp3) is 0.231. The Kier molecular flexibility index (Phi) is 4.96. The first-order valence-corrected chi connectivity index (χ1v) is 7.87. The van der Waals surface area contributed by atoms with Crippen molar-refractivity contribution in [1.82, 2.24) is 9.97 Å². The number of rotatable bonds is 4. The Labute approximate surface area is 132 Å². The Morgan fingerprint density at radius 2 is 2.00 bits per heavy atom. The lowest BCUT2D eigenvalue weighted by Gasteiger charge is -2.17. The summed E-state index contributed by atoms with van der Waals surface area (Å²) in [6.45, 7) is 1.99. The van der Waals surface area contributed by atoms with Gasteiger partial charge in [-0.3, -0.25) is 0 Å². The second kappa shape index (κ2) is 6.52. The number of nitrogens with one attached hydrogen (secondary N) is 1. The summed E-state index contributed by atoms with van der Waals surface area (Å²) < 4.78 is 0. The van der Waals surface area contributed by atoms with Crippen LogP contribution < -0.4 is 11.1 Å². The molecule has 7 heteroatoms. The van der Waals surface area contributed by atoms with Gasteiger partial charge in [0.25, 0.3) is 0 Å². The molecule has 1 atom stereocenters. The van der Waals surface area contributed by atoms with Gasteiger partial charge in [0.1, 0.15) is 11.6 Å². The van der Waals surface area contributed by atoms with E-state index in [1.807, 2.05) is 25.3 Å². The van der Waals surface area contributed by atoms with Crippen molar-refractivity contribution >= 4 is 46.6 Å². The Balaban J connectivity index is 2.22. The quantitative estimate of drug-likeness (QED) is 0.648. The Hall–Kier alpha value is -1.17. The van der Waals surface area contributed by atoms with E-state index in [0.29, 0.717) is 26.8 Å². The minimum atomic E-state index is -0.0243. The van der Waals surface area contributed by atoms with Gasteiger partial charge in [0.2, 0.25) is 0 Å². The molecular weight excluding hydrogens is 315 g/mol. The van der Waals surface area contributed by atoms with Crippen LogP contribution in [0.15, 0.2) is 29.4 Å². The zero-order valence-corrected chi connectivity index (χ0v) is 13.4. The van der Waals surface area contributed by atoms with E-state index in [2.05, 4.69) is 15.3 Å². The maximum Gasteiger partial charge on any atom is 0.191 e. The highest BCUT2D eigenvalue weighted by Crippen LogP contribution is 2.28. The van der Waals surface area contributed by atoms with E-state index in [1.165, 1.54) is 11.8 Å². The Morgan fingerprint density at radius 1 is 1.25 bits per heavy atom. The van der Waals surface area contributed by atoms with Gasteiger partial charge in [-0.15, -0.1) is 0 Å². The van der Waals surface area contributed by atoms with Crippen LogP contribution in [0.1, 0.15) is 18.5 Å². The van der Waals surface area contributed by atoms with Gasteiger partial charge in [-0.1, -0.05) is 41.0 Å². The van der Waals surface area contributed by atoms with Crippen LogP contribution in [0, 0.1) is 0 Å². The minimum absolute atomic E-state index is 0.0243. The van der Waals surface area contributed by atoms with Gasteiger partial charge in [-0.05, 0) is 30.9 Å². The second-order valence-electron chi connectivity index (χ2n) is 4.20. The second-order valence-corrected chi connectivity index (χ2v) is 5.81. The standard InChI is InChI=1S/C13H14Cl2N4S/c1-7(9-4-3-8(14)5-10(9)15)17-12-6-11(16)18-13(19-12)20-2/h3-7H,1-2H3,(H3,16,17,18,19). The number of nitrogens with zero attached hydrogens (tertiary/aromatic N) is 2. The molecule has 2 aromatic rings.